The van der Waals surface area contributed by atoms with Crippen LogP contribution in [0.4, 0.5) is 0 Å². The fourth-order valence-electron chi connectivity index (χ4n) is 4.30. The highest BCUT2D eigenvalue weighted by Crippen LogP contribution is 2.62. The zero-order chi connectivity index (χ0) is 14.8. The maximum Gasteiger partial charge on any atom is 0.337 e. The van der Waals surface area contributed by atoms with E-state index in [-0.39, 0.29) is 5.57 Å². The van der Waals surface area contributed by atoms with E-state index in [1.165, 1.54) is 0 Å². The maximum atomic E-state index is 11.8. The highest BCUT2D eigenvalue weighted by atomic mass is 17.1. The van der Waals surface area contributed by atoms with E-state index in [0.717, 1.165) is 12.8 Å². The SMILES string of the molecule is C=C1C(=O)O[C@@H]2[C@@]1(O)CC[C@@]1(C)CCCC(=C)[C@]21OO. The molecule has 2 N–H and O–H groups in total. The summed E-state index contributed by atoms with van der Waals surface area (Å²) < 4.78 is 5.35. The van der Waals surface area contributed by atoms with Gasteiger partial charge in [-0.1, -0.05) is 20.1 Å². The Morgan fingerprint density at radius 2 is 2.05 bits per heavy atom. The van der Waals surface area contributed by atoms with E-state index in [4.69, 9.17) is 9.62 Å². The zero-order valence-corrected chi connectivity index (χ0v) is 11.6. The molecule has 0 unspecified atom stereocenters. The monoisotopic (exact) mass is 280 g/mol. The average Bonchev–Trinajstić information content (AvgIpc) is 2.64. The van der Waals surface area contributed by atoms with Crippen LogP contribution in [0.15, 0.2) is 24.3 Å². The van der Waals surface area contributed by atoms with Crippen molar-refractivity contribution < 1.29 is 24.8 Å². The summed E-state index contributed by atoms with van der Waals surface area (Å²) in [4.78, 5) is 16.7. The Balaban J connectivity index is 2.18. The van der Waals surface area contributed by atoms with Crippen molar-refractivity contribution in [2.24, 2.45) is 5.41 Å². The lowest BCUT2D eigenvalue weighted by molar-refractivity contribution is -0.383. The molecule has 0 spiro atoms. The lowest BCUT2D eigenvalue weighted by atomic mass is 9.51. The number of carbonyl (C=O) groups excluding carboxylic acids is 1. The fourth-order valence-corrected chi connectivity index (χ4v) is 4.30. The van der Waals surface area contributed by atoms with Gasteiger partial charge >= 0.3 is 5.97 Å². The molecule has 0 radical (unpaired) electrons. The summed E-state index contributed by atoms with van der Waals surface area (Å²) in [6.07, 6.45) is 2.44. The lowest BCUT2D eigenvalue weighted by Gasteiger charge is -2.58. The minimum Gasteiger partial charge on any atom is -0.452 e. The summed E-state index contributed by atoms with van der Waals surface area (Å²) in [7, 11) is 0. The number of aliphatic hydroxyl groups is 1. The quantitative estimate of drug-likeness (QED) is 0.252. The largest absolute Gasteiger partial charge is 0.452 e. The van der Waals surface area contributed by atoms with Crippen molar-refractivity contribution in [3.8, 4) is 0 Å². The summed E-state index contributed by atoms with van der Waals surface area (Å²) in [5.41, 5.74) is -2.45. The Labute approximate surface area is 117 Å². The van der Waals surface area contributed by atoms with Gasteiger partial charge in [-0.05, 0) is 37.7 Å². The van der Waals surface area contributed by atoms with E-state index in [2.05, 4.69) is 13.2 Å². The van der Waals surface area contributed by atoms with Gasteiger partial charge in [0.2, 0.25) is 0 Å². The zero-order valence-electron chi connectivity index (χ0n) is 11.6. The van der Waals surface area contributed by atoms with Crippen LogP contribution in [0.3, 0.4) is 0 Å². The first-order valence-corrected chi connectivity index (χ1v) is 6.95. The van der Waals surface area contributed by atoms with Gasteiger partial charge in [-0.15, -0.1) is 0 Å². The average molecular weight is 280 g/mol. The molecule has 0 aromatic rings. The summed E-state index contributed by atoms with van der Waals surface area (Å²) in [6, 6.07) is 0. The van der Waals surface area contributed by atoms with Gasteiger partial charge in [0.1, 0.15) is 5.60 Å². The molecule has 5 nitrogen and oxygen atoms in total. The molecular formula is C15H20O5. The third kappa shape index (κ3) is 1.31. The van der Waals surface area contributed by atoms with E-state index >= 15 is 0 Å². The van der Waals surface area contributed by atoms with Crippen molar-refractivity contribution in [3.05, 3.63) is 24.3 Å². The van der Waals surface area contributed by atoms with Gasteiger partial charge in [0.05, 0.1) is 5.57 Å². The summed E-state index contributed by atoms with van der Waals surface area (Å²) in [5.74, 6) is -0.628. The molecule has 2 aliphatic carbocycles. The summed E-state index contributed by atoms with van der Waals surface area (Å²) >= 11 is 0. The van der Waals surface area contributed by atoms with Crippen LogP contribution >= 0.6 is 0 Å². The lowest BCUT2D eigenvalue weighted by Crippen LogP contribution is -2.69. The van der Waals surface area contributed by atoms with Crippen molar-refractivity contribution in [3.63, 3.8) is 0 Å². The topological polar surface area (TPSA) is 76.0 Å². The van der Waals surface area contributed by atoms with Gasteiger partial charge in [-0.25, -0.2) is 9.68 Å². The normalized spacial score (nSPS) is 47.8. The van der Waals surface area contributed by atoms with Crippen LogP contribution in [0.2, 0.25) is 0 Å². The Bertz CT molecular complexity index is 512. The van der Waals surface area contributed by atoms with Crippen molar-refractivity contribution >= 4 is 5.97 Å². The number of hydrogen-bond donors (Lipinski definition) is 2. The highest BCUT2D eigenvalue weighted by molar-refractivity contribution is 5.93. The number of fused-ring (bicyclic) bond motifs is 3. The second kappa shape index (κ2) is 3.93. The maximum absolute atomic E-state index is 11.8. The van der Waals surface area contributed by atoms with Crippen molar-refractivity contribution in [2.45, 2.75) is 56.3 Å². The molecule has 1 saturated heterocycles. The van der Waals surface area contributed by atoms with Crippen LogP contribution in [-0.4, -0.2) is 33.6 Å². The van der Waals surface area contributed by atoms with Crippen LogP contribution < -0.4 is 0 Å². The van der Waals surface area contributed by atoms with Gasteiger partial charge in [0.25, 0.3) is 0 Å². The van der Waals surface area contributed by atoms with Gasteiger partial charge in [-0.3, -0.25) is 5.26 Å². The van der Waals surface area contributed by atoms with E-state index in [0.29, 0.717) is 24.8 Å². The van der Waals surface area contributed by atoms with Crippen LogP contribution in [0.1, 0.15) is 39.0 Å². The highest BCUT2D eigenvalue weighted by Gasteiger charge is 2.72. The third-order valence-corrected chi connectivity index (χ3v) is 5.63. The molecule has 3 aliphatic rings. The number of hydrogen-bond acceptors (Lipinski definition) is 5. The molecule has 0 bridgehead atoms. The van der Waals surface area contributed by atoms with E-state index in [1.807, 2.05) is 6.92 Å². The molecule has 0 amide bonds. The fraction of sp³-hybridized carbons (Fsp3) is 0.667. The van der Waals surface area contributed by atoms with Crippen LogP contribution in [0, 0.1) is 5.41 Å². The Kier molecular flexibility index (Phi) is 2.71. The molecule has 3 rings (SSSR count). The van der Waals surface area contributed by atoms with Crippen molar-refractivity contribution in [2.75, 3.05) is 0 Å². The van der Waals surface area contributed by atoms with Crippen molar-refractivity contribution in [1.82, 2.24) is 0 Å². The molecule has 4 atom stereocenters. The molecule has 3 fully saturated rings. The second-order valence-electron chi connectivity index (χ2n) is 6.53. The molecule has 0 aromatic heterocycles. The van der Waals surface area contributed by atoms with E-state index in [9.17, 15) is 15.2 Å². The van der Waals surface area contributed by atoms with Crippen LogP contribution in [0.5, 0.6) is 0 Å². The molecule has 0 aromatic carbocycles. The van der Waals surface area contributed by atoms with Gasteiger partial charge < -0.3 is 9.84 Å². The second-order valence-corrected chi connectivity index (χ2v) is 6.53. The third-order valence-electron chi connectivity index (χ3n) is 5.63. The Morgan fingerprint density at radius 3 is 2.70 bits per heavy atom. The van der Waals surface area contributed by atoms with E-state index in [1.54, 1.807) is 0 Å². The molecule has 20 heavy (non-hydrogen) atoms. The molecule has 1 aliphatic heterocycles. The predicted octanol–water partition coefficient (Wildman–Crippen LogP) is 1.97. The van der Waals surface area contributed by atoms with Gasteiger partial charge in [0.15, 0.2) is 11.7 Å². The van der Waals surface area contributed by atoms with Crippen molar-refractivity contribution in [1.29, 1.82) is 0 Å². The first-order chi connectivity index (χ1) is 9.32. The first kappa shape index (κ1) is 13.8. The summed E-state index contributed by atoms with van der Waals surface area (Å²) in [5, 5.41) is 20.5. The Morgan fingerprint density at radius 1 is 1.35 bits per heavy atom. The number of rotatable bonds is 1. The van der Waals surface area contributed by atoms with Crippen LogP contribution in [0.25, 0.3) is 0 Å². The molecule has 110 valence electrons. The number of ether oxygens (including phenoxy) is 1. The van der Waals surface area contributed by atoms with Crippen LogP contribution in [-0.2, 0) is 14.4 Å². The minimum atomic E-state index is -1.49. The standard InChI is InChI=1S/C15H20O5/c1-9-5-4-6-13(3)7-8-14(17)10(2)11(16)19-12(14)15(9,13)20-18/h12,17-18H,1-2,4-8H2,3H3/t12-,13-,14-,15+/m1/s1. The smallest absolute Gasteiger partial charge is 0.337 e. The van der Waals surface area contributed by atoms with Gasteiger partial charge in [-0.2, -0.15) is 0 Å². The van der Waals surface area contributed by atoms with E-state index < -0.39 is 28.7 Å². The summed E-state index contributed by atoms with van der Waals surface area (Å²) in [6.45, 7) is 9.65. The minimum absolute atomic E-state index is 0.0411. The number of esters is 1. The molecule has 1 heterocycles. The van der Waals surface area contributed by atoms with Gasteiger partial charge in [0, 0.05) is 5.41 Å². The first-order valence-electron chi connectivity index (χ1n) is 6.95. The Hall–Kier alpha value is -1.17. The predicted molar refractivity (Wildman–Crippen MR) is 70.7 cm³/mol. The molecule has 5 heteroatoms. The molecular weight excluding hydrogens is 260 g/mol. The molecule has 2 saturated carbocycles. The number of carbonyl (C=O) groups is 1.